The number of rotatable bonds is 4. The van der Waals surface area contributed by atoms with Crippen LogP contribution in [0.4, 0.5) is 0 Å². The van der Waals surface area contributed by atoms with Gasteiger partial charge in [-0.25, -0.2) is 0 Å². The average molecular weight is 414 g/mol. The number of aromatic amines is 1. The molecule has 5 rings (SSSR count). The number of amides is 1. The Labute approximate surface area is 178 Å². The van der Waals surface area contributed by atoms with Gasteiger partial charge in [-0.15, -0.1) is 0 Å². The van der Waals surface area contributed by atoms with Gasteiger partial charge < -0.3 is 13.9 Å². The minimum Gasteiger partial charge on any atom is -0.460 e. The molecule has 0 saturated carbocycles. The monoisotopic (exact) mass is 414 g/mol. The first-order valence-electron chi connectivity index (χ1n) is 10.2. The third-order valence-electron chi connectivity index (χ3n) is 5.60. The molecule has 4 heterocycles. The summed E-state index contributed by atoms with van der Waals surface area (Å²) in [5.74, 6) is 1.31. The van der Waals surface area contributed by atoms with Crippen molar-refractivity contribution in [3.05, 3.63) is 99.3 Å². The highest BCUT2D eigenvalue weighted by Gasteiger charge is 2.25. The molecule has 31 heavy (non-hydrogen) atoms. The lowest BCUT2D eigenvalue weighted by Gasteiger charge is -2.28. The van der Waals surface area contributed by atoms with Crippen LogP contribution in [0.15, 0.2) is 70.0 Å². The second-order valence-corrected chi connectivity index (χ2v) is 7.83. The van der Waals surface area contributed by atoms with Gasteiger partial charge in [-0.05, 0) is 42.2 Å². The number of fused-ring (bicyclic) bond motifs is 1. The molecule has 1 aliphatic heterocycles. The minimum atomic E-state index is -0.141. The van der Waals surface area contributed by atoms with E-state index < -0.39 is 0 Å². The van der Waals surface area contributed by atoms with Crippen LogP contribution in [0.3, 0.4) is 0 Å². The molecule has 0 radical (unpaired) electrons. The van der Waals surface area contributed by atoms with Gasteiger partial charge in [0, 0.05) is 31.4 Å². The number of hydrogen-bond donors (Lipinski definition) is 1. The lowest BCUT2D eigenvalue weighted by Crippen LogP contribution is -2.37. The largest absolute Gasteiger partial charge is 0.460 e. The standard InChI is InChI=1S/C24H22N4O3/c1-16-7-8-22(31-16)20-12-21(26-25-20)24(30)27-10-9-18-11-23(29)28(15-19(18)14-27)13-17-5-3-2-4-6-17/h2-8,11-12,15H,9-10,13-14H2,1H3,(H,25,26). The van der Waals surface area contributed by atoms with E-state index in [0.717, 1.165) is 22.5 Å². The molecule has 0 saturated heterocycles. The van der Waals surface area contributed by atoms with Gasteiger partial charge in [-0.1, -0.05) is 30.3 Å². The Kier molecular flexibility index (Phi) is 4.78. The zero-order valence-corrected chi connectivity index (χ0v) is 17.2. The topological polar surface area (TPSA) is 84.1 Å². The zero-order chi connectivity index (χ0) is 21.4. The van der Waals surface area contributed by atoms with E-state index in [2.05, 4.69) is 10.2 Å². The molecule has 0 spiro atoms. The number of H-pyrrole nitrogens is 1. The second-order valence-electron chi connectivity index (χ2n) is 7.83. The summed E-state index contributed by atoms with van der Waals surface area (Å²) in [4.78, 5) is 27.3. The lowest BCUT2D eigenvalue weighted by atomic mass is 10.0. The Balaban J connectivity index is 1.36. The van der Waals surface area contributed by atoms with Crippen molar-refractivity contribution in [2.24, 2.45) is 0 Å². The predicted octanol–water partition coefficient (Wildman–Crippen LogP) is 3.39. The van der Waals surface area contributed by atoms with Gasteiger partial charge in [0.25, 0.3) is 11.5 Å². The molecule has 3 aromatic heterocycles. The SMILES string of the molecule is Cc1ccc(-c2cc(C(=O)N3CCc4cc(=O)n(Cc5ccccc5)cc4C3)n[nH]2)o1. The van der Waals surface area contributed by atoms with E-state index in [1.165, 1.54) is 0 Å². The fourth-order valence-electron chi connectivity index (χ4n) is 3.95. The second kappa shape index (κ2) is 7.75. The van der Waals surface area contributed by atoms with Crippen LogP contribution >= 0.6 is 0 Å². The van der Waals surface area contributed by atoms with E-state index in [1.807, 2.05) is 55.6 Å². The van der Waals surface area contributed by atoms with Crippen molar-refractivity contribution in [1.82, 2.24) is 19.7 Å². The summed E-state index contributed by atoms with van der Waals surface area (Å²) < 4.78 is 7.30. The quantitative estimate of drug-likeness (QED) is 0.555. The van der Waals surface area contributed by atoms with Gasteiger partial charge in [0.05, 0.1) is 6.54 Å². The summed E-state index contributed by atoms with van der Waals surface area (Å²) in [6.07, 6.45) is 2.53. The Morgan fingerprint density at radius 1 is 1.13 bits per heavy atom. The summed E-state index contributed by atoms with van der Waals surface area (Å²) in [6.45, 7) is 3.38. The first kappa shape index (κ1) is 19.1. The maximum Gasteiger partial charge on any atom is 0.274 e. The van der Waals surface area contributed by atoms with Crippen LogP contribution in [0.25, 0.3) is 11.5 Å². The molecule has 0 bridgehead atoms. The molecule has 4 aromatic rings. The van der Waals surface area contributed by atoms with Crippen molar-refractivity contribution in [1.29, 1.82) is 0 Å². The number of aryl methyl sites for hydroxylation is 1. The summed E-state index contributed by atoms with van der Waals surface area (Å²) >= 11 is 0. The van der Waals surface area contributed by atoms with Gasteiger partial charge in [0.2, 0.25) is 0 Å². The maximum atomic E-state index is 13.0. The lowest BCUT2D eigenvalue weighted by molar-refractivity contribution is 0.0728. The van der Waals surface area contributed by atoms with Gasteiger partial charge in [-0.3, -0.25) is 14.7 Å². The van der Waals surface area contributed by atoms with Crippen molar-refractivity contribution < 1.29 is 9.21 Å². The number of nitrogens with zero attached hydrogens (tertiary/aromatic N) is 3. The van der Waals surface area contributed by atoms with Crippen LogP contribution < -0.4 is 5.56 Å². The number of carbonyl (C=O) groups excluding carboxylic acids is 1. The van der Waals surface area contributed by atoms with Crippen LogP contribution in [0.2, 0.25) is 0 Å². The molecule has 156 valence electrons. The van der Waals surface area contributed by atoms with E-state index >= 15 is 0 Å². The fraction of sp³-hybridized carbons (Fsp3) is 0.208. The van der Waals surface area contributed by atoms with Crippen molar-refractivity contribution in [2.75, 3.05) is 6.54 Å². The number of carbonyl (C=O) groups is 1. The molecular formula is C24H22N4O3. The Hall–Kier alpha value is -3.87. The van der Waals surface area contributed by atoms with Crippen LogP contribution in [-0.4, -0.2) is 32.1 Å². The summed E-state index contributed by atoms with van der Waals surface area (Å²) in [5, 5.41) is 7.07. The molecule has 1 aromatic carbocycles. The third kappa shape index (κ3) is 3.82. The van der Waals surface area contributed by atoms with E-state index in [4.69, 9.17) is 4.42 Å². The fourth-order valence-corrected chi connectivity index (χ4v) is 3.95. The minimum absolute atomic E-state index is 0.0203. The maximum absolute atomic E-state index is 13.0. The number of benzene rings is 1. The van der Waals surface area contributed by atoms with E-state index in [1.54, 1.807) is 21.6 Å². The molecule has 7 nitrogen and oxygen atoms in total. The molecule has 1 N–H and O–H groups in total. The number of aromatic nitrogens is 3. The number of furan rings is 1. The van der Waals surface area contributed by atoms with Crippen LogP contribution in [-0.2, 0) is 19.5 Å². The number of pyridine rings is 1. The molecule has 1 amide bonds. The summed E-state index contributed by atoms with van der Waals surface area (Å²) in [6, 6.07) is 17.0. The molecule has 0 aliphatic carbocycles. The van der Waals surface area contributed by atoms with Crippen molar-refractivity contribution in [3.63, 3.8) is 0 Å². The van der Waals surface area contributed by atoms with Crippen LogP contribution in [0, 0.1) is 6.92 Å². The van der Waals surface area contributed by atoms with Crippen molar-refractivity contribution in [3.8, 4) is 11.5 Å². The van der Waals surface area contributed by atoms with Gasteiger partial charge >= 0.3 is 0 Å². The molecule has 0 atom stereocenters. The Bertz CT molecular complexity index is 1300. The van der Waals surface area contributed by atoms with Crippen LogP contribution in [0.1, 0.15) is 32.9 Å². The highest BCUT2D eigenvalue weighted by Crippen LogP contribution is 2.23. The van der Waals surface area contributed by atoms with Crippen molar-refractivity contribution in [2.45, 2.75) is 26.4 Å². The van der Waals surface area contributed by atoms with E-state index in [-0.39, 0.29) is 11.5 Å². The molecule has 1 aliphatic rings. The first-order chi connectivity index (χ1) is 15.1. The smallest absolute Gasteiger partial charge is 0.274 e. The molecule has 0 fully saturated rings. The number of hydrogen-bond acceptors (Lipinski definition) is 4. The molecule has 7 heteroatoms. The predicted molar refractivity (Wildman–Crippen MR) is 116 cm³/mol. The van der Waals surface area contributed by atoms with E-state index in [9.17, 15) is 9.59 Å². The zero-order valence-electron chi connectivity index (χ0n) is 17.2. The molecule has 0 unspecified atom stereocenters. The highest BCUT2D eigenvalue weighted by atomic mass is 16.3. The van der Waals surface area contributed by atoms with Gasteiger partial charge in [-0.2, -0.15) is 5.10 Å². The summed E-state index contributed by atoms with van der Waals surface area (Å²) in [5.41, 5.74) is 4.06. The van der Waals surface area contributed by atoms with Crippen molar-refractivity contribution >= 4 is 5.91 Å². The summed E-state index contributed by atoms with van der Waals surface area (Å²) in [7, 11) is 0. The Morgan fingerprint density at radius 2 is 1.97 bits per heavy atom. The third-order valence-corrected chi connectivity index (χ3v) is 5.60. The number of nitrogens with one attached hydrogen (secondary N) is 1. The normalized spacial score (nSPS) is 13.3. The first-order valence-corrected chi connectivity index (χ1v) is 10.2. The van der Waals surface area contributed by atoms with Crippen LogP contribution in [0.5, 0.6) is 0 Å². The Morgan fingerprint density at radius 3 is 2.74 bits per heavy atom. The molecular weight excluding hydrogens is 392 g/mol. The van der Waals surface area contributed by atoms with Gasteiger partial charge in [0.15, 0.2) is 11.5 Å². The van der Waals surface area contributed by atoms with E-state index in [0.29, 0.717) is 43.2 Å². The van der Waals surface area contributed by atoms with Gasteiger partial charge in [0.1, 0.15) is 11.5 Å². The average Bonchev–Trinajstić information content (AvgIpc) is 3.43. The highest BCUT2D eigenvalue weighted by molar-refractivity contribution is 5.93.